The van der Waals surface area contributed by atoms with Gasteiger partial charge >= 0.3 is 0 Å². The Morgan fingerprint density at radius 2 is 0.542 bits per heavy atom. The molecule has 0 spiro atoms. The summed E-state index contributed by atoms with van der Waals surface area (Å²) in [7, 11) is 0. The first-order valence-electron chi connectivity index (χ1n) is 21.8. The lowest BCUT2D eigenvalue weighted by atomic mass is 10.0. The second-order valence-electron chi connectivity index (χ2n) is 15.1. The Balaban J connectivity index is 3.36. The Hall–Kier alpha value is -1.10. The second-order valence-corrected chi connectivity index (χ2v) is 15.1. The topological polar surface area (TPSA) is 78.4 Å². The lowest BCUT2D eigenvalue weighted by Gasteiger charge is -2.13. The van der Waals surface area contributed by atoms with E-state index >= 15 is 0 Å². The standard InChI is InChI=1S/C43H86N2O3/c1-3-5-7-9-11-13-15-17-19-21-23-25-27-29-31-33-35-37-42(47)44-39-41(46)40-45-43(48)38-36-34-32-30-28-26-24-22-20-18-16-14-12-10-8-6-4-2/h41,46H,3-40H2,1-2H3,(H,44,47)(H,45,48). The molecule has 2 amide bonds. The van der Waals surface area contributed by atoms with Crippen LogP contribution in [0.2, 0.25) is 0 Å². The first kappa shape index (κ1) is 46.9. The third-order valence-corrected chi connectivity index (χ3v) is 10.1. The van der Waals surface area contributed by atoms with Crippen LogP contribution in [-0.4, -0.2) is 36.1 Å². The van der Waals surface area contributed by atoms with Gasteiger partial charge in [-0.3, -0.25) is 9.59 Å². The molecule has 0 radical (unpaired) electrons. The van der Waals surface area contributed by atoms with Crippen LogP contribution in [0.1, 0.15) is 245 Å². The first-order valence-corrected chi connectivity index (χ1v) is 21.8. The first-order chi connectivity index (χ1) is 23.6. The van der Waals surface area contributed by atoms with E-state index in [1.807, 2.05) is 0 Å². The minimum absolute atomic E-state index is 0.00448. The molecular weight excluding hydrogens is 592 g/mol. The van der Waals surface area contributed by atoms with Crippen molar-refractivity contribution in [2.45, 2.75) is 251 Å². The van der Waals surface area contributed by atoms with Crippen molar-refractivity contribution in [3.63, 3.8) is 0 Å². The Bertz CT molecular complexity index is 602. The highest BCUT2D eigenvalue weighted by Crippen LogP contribution is 2.16. The molecule has 48 heavy (non-hydrogen) atoms. The van der Waals surface area contributed by atoms with Crippen LogP contribution in [0.5, 0.6) is 0 Å². The number of nitrogens with one attached hydrogen (secondary N) is 2. The molecule has 0 saturated heterocycles. The fraction of sp³-hybridized carbons (Fsp3) is 0.953. The predicted molar refractivity (Wildman–Crippen MR) is 210 cm³/mol. The van der Waals surface area contributed by atoms with E-state index in [-0.39, 0.29) is 24.9 Å². The van der Waals surface area contributed by atoms with Crippen molar-refractivity contribution >= 4 is 11.8 Å². The van der Waals surface area contributed by atoms with Crippen LogP contribution in [0.3, 0.4) is 0 Å². The Morgan fingerprint density at radius 1 is 0.354 bits per heavy atom. The molecule has 0 saturated carbocycles. The fourth-order valence-electron chi connectivity index (χ4n) is 6.73. The molecule has 0 aromatic heterocycles. The van der Waals surface area contributed by atoms with E-state index in [4.69, 9.17) is 0 Å². The van der Waals surface area contributed by atoms with Crippen LogP contribution < -0.4 is 10.6 Å². The van der Waals surface area contributed by atoms with E-state index in [0.717, 1.165) is 25.7 Å². The van der Waals surface area contributed by atoms with E-state index in [1.165, 1.54) is 193 Å². The monoisotopic (exact) mass is 679 g/mol. The number of carbonyl (C=O) groups is 2. The molecule has 0 aromatic carbocycles. The second kappa shape index (κ2) is 40.3. The minimum atomic E-state index is -0.732. The molecule has 0 unspecified atom stereocenters. The largest absolute Gasteiger partial charge is 0.389 e. The summed E-state index contributed by atoms with van der Waals surface area (Å²) < 4.78 is 0. The third kappa shape index (κ3) is 39.3. The maximum Gasteiger partial charge on any atom is 0.220 e. The normalized spacial score (nSPS) is 11.4. The average molecular weight is 679 g/mol. The summed E-state index contributed by atoms with van der Waals surface area (Å²) >= 11 is 0. The molecule has 0 aliphatic rings. The highest BCUT2D eigenvalue weighted by molar-refractivity contribution is 5.76. The molecule has 0 rings (SSSR count). The van der Waals surface area contributed by atoms with Crippen LogP contribution >= 0.6 is 0 Å². The number of aliphatic hydroxyl groups is 1. The summed E-state index contributed by atoms with van der Waals surface area (Å²) in [6.07, 6.45) is 45.6. The molecule has 0 aromatic rings. The van der Waals surface area contributed by atoms with Crippen molar-refractivity contribution in [2.24, 2.45) is 0 Å². The smallest absolute Gasteiger partial charge is 0.220 e. The van der Waals surface area contributed by atoms with Crippen molar-refractivity contribution in [2.75, 3.05) is 13.1 Å². The van der Waals surface area contributed by atoms with E-state index in [0.29, 0.717) is 12.8 Å². The SMILES string of the molecule is CCCCCCCCCCCCCCCCCCCC(=O)NCC(O)CNC(=O)CCCCCCCCCCCCCCCCCCC. The van der Waals surface area contributed by atoms with Gasteiger partial charge in [-0.2, -0.15) is 0 Å². The number of rotatable bonds is 40. The Kier molecular flexibility index (Phi) is 39.4. The fourth-order valence-corrected chi connectivity index (χ4v) is 6.73. The molecule has 0 heterocycles. The summed E-state index contributed by atoms with van der Waals surface area (Å²) in [5.41, 5.74) is 0. The summed E-state index contributed by atoms with van der Waals surface area (Å²) in [4.78, 5) is 24.2. The molecule has 0 fully saturated rings. The van der Waals surface area contributed by atoms with Gasteiger partial charge in [0.15, 0.2) is 0 Å². The molecule has 5 nitrogen and oxygen atoms in total. The van der Waals surface area contributed by atoms with E-state index in [2.05, 4.69) is 24.5 Å². The Morgan fingerprint density at radius 3 is 0.750 bits per heavy atom. The van der Waals surface area contributed by atoms with Crippen LogP contribution in [0, 0.1) is 0 Å². The van der Waals surface area contributed by atoms with Crippen LogP contribution in [-0.2, 0) is 9.59 Å². The van der Waals surface area contributed by atoms with Crippen molar-refractivity contribution in [3.05, 3.63) is 0 Å². The van der Waals surface area contributed by atoms with Gasteiger partial charge in [0.2, 0.25) is 11.8 Å². The molecule has 0 aliphatic heterocycles. The summed E-state index contributed by atoms with van der Waals surface area (Å²) in [5.74, 6) is 0.00895. The summed E-state index contributed by atoms with van der Waals surface area (Å²) in [6.45, 7) is 4.97. The molecule has 286 valence electrons. The van der Waals surface area contributed by atoms with Gasteiger partial charge in [0, 0.05) is 25.9 Å². The lowest BCUT2D eigenvalue weighted by molar-refractivity contribution is -0.121. The lowest BCUT2D eigenvalue weighted by Crippen LogP contribution is -2.39. The molecule has 0 aliphatic carbocycles. The quantitative estimate of drug-likeness (QED) is 0.0564. The molecule has 0 bridgehead atoms. The van der Waals surface area contributed by atoms with Crippen molar-refractivity contribution in [1.82, 2.24) is 10.6 Å². The molecule has 5 heteroatoms. The number of hydrogen-bond acceptors (Lipinski definition) is 3. The van der Waals surface area contributed by atoms with Crippen LogP contribution in [0.25, 0.3) is 0 Å². The number of aliphatic hydroxyl groups excluding tert-OH is 1. The van der Waals surface area contributed by atoms with Crippen molar-refractivity contribution in [3.8, 4) is 0 Å². The van der Waals surface area contributed by atoms with Gasteiger partial charge < -0.3 is 15.7 Å². The van der Waals surface area contributed by atoms with Gasteiger partial charge in [-0.05, 0) is 12.8 Å². The molecule has 0 atom stereocenters. The van der Waals surface area contributed by atoms with Crippen molar-refractivity contribution in [1.29, 1.82) is 0 Å². The van der Waals surface area contributed by atoms with E-state index < -0.39 is 6.10 Å². The third-order valence-electron chi connectivity index (χ3n) is 10.1. The number of carbonyl (C=O) groups excluding carboxylic acids is 2. The van der Waals surface area contributed by atoms with E-state index in [1.54, 1.807) is 0 Å². The van der Waals surface area contributed by atoms with Gasteiger partial charge in [-0.25, -0.2) is 0 Å². The zero-order chi connectivity index (χ0) is 35.0. The van der Waals surface area contributed by atoms with Crippen LogP contribution in [0.4, 0.5) is 0 Å². The van der Waals surface area contributed by atoms with Crippen LogP contribution in [0.15, 0.2) is 0 Å². The maximum atomic E-state index is 12.1. The zero-order valence-electron chi connectivity index (χ0n) is 32.7. The maximum absolute atomic E-state index is 12.1. The van der Waals surface area contributed by atoms with Gasteiger partial charge in [0.1, 0.15) is 0 Å². The van der Waals surface area contributed by atoms with Gasteiger partial charge in [-0.1, -0.05) is 219 Å². The minimum Gasteiger partial charge on any atom is -0.389 e. The average Bonchev–Trinajstić information content (AvgIpc) is 3.09. The van der Waals surface area contributed by atoms with Gasteiger partial charge in [0.05, 0.1) is 6.10 Å². The van der Waals surface area contributed by atoms with E-state index in [9.17, 15) is 14.7 Å². The summed E-state index contributed by atoms with van der Waals surface area (Å²) in [5, 5.41) is 15.8. The summed E-state index contributed by atoms with van der Waals surface area (Å²) in [6, 6.07) is 0. The predicted octanol–water partition coefficient (Wildman–Crippen LogP) is 12.7. The molecule has 3 N–H and O–H groups in total. The zero-order valence-corrected chi connectivity index (χ0v) is 32.7. The van der Waals surface area contributed by atoms with Gasteiger partial charge in [0.25, 0.3) is 0 Å². The number of amides is 2. The number of hydrogen-bond donors (Lipinski definition) is 3. The highest BCUT2D eigenvalue weighted by Gasteiger charge is 2.09. The molecular formula is C43H86N2O3. The van der Waals surface area contributed by atoms with Gasteiger partial charge in [-0.15, -0.1) is 0 Å². The Labute approximate surface area is 300 Å². The highest BCUT2D eigenvalue weighted by atomic mass is 16.3. The number of unbranched alkanes of at least 4 members (excludes halogenated alkanes) is 32. The van der Waals surface area contributed by atoms with Crippen molar-refractivity contribution < 1.29 is 14.7 Å².